The third-order valence-electron chi connectivity index (χ3n) is 9.37. The number of hydrogen-bond acceptors (Lipinski definition) is 6. The van der Waals surface area contributed by atoms with Crippen LogP contribution in [0.4, 0.5) is 0 Å². The highest BCUT2D eigenvalue weighted by molar-refractivity contribution is 5.14. The summed E-state index contributed by atoms with van der Waals surface area (Å²) in [4.78, 5) is 0. The van der Waals surface area contributed by atoms with E-state index in [4.69, 9.17) is 28.4 Å². The van der Waals surface area contributed by atoms with Crippen molar-refractivity contribution in [3.05, 3.63) is 108 Å². The van der Waals surface area contributed by atoms with E-state index in [0.717, 1.165) is 78.2 Å². The normalized spacial score (nSPS) is 23.7. The summed E-state index contributed by atoms with van der Waals surface area (Å²) >= 11 is 0. The molecule has 0 aliphatic heterocycles. The van der Waals surface area contributed by atoms with E-state index in [1.54, 1.807) is 0 Å². The van der Waals surface area contributed by atoms with E-state index >= 15 is 0 Å². The van der Waals surface area contributed by atoms with Gasteiger partial charge in [0.15, 0.2) is 0 Å². The van der Waals surface area contributed by atoms with Crippen molar-refractivity contribution in [1.82, 2.24) is 0 Å². The Balaban J connectivity index is 0.000000172. The standard InChI is InChI=1S/3C15H22O2/c3*1-12(2)17-15-8-14(9-15)11-16-10-13-6-4-3-5-7-13/h3*3-7,12,14-15H,8-11H2,1-2H3. The molecular weight excluding hydrogens is 636 g/mol. The molecule has 0 radical (unpaired) electrons. The molecule has 3 fully saturated rings. The van der Waals surface area contributed by atoms with Crippen molar-refractivity contribution < 1.29 is 28.4 Å². The fourth-order valence-electron chi connectivity index (χ4n) is 6.67. The highest BCUT2D eigenvalue weighted by atomic mass is 16.5. The largest absolute Gasteiger partial charge is 0.376 e. The number of hydrogen-bond donors (Lipinski definition) is 0. The van der Waals surface area contributed by atoms with Crippen molar-refractivity contribution >= 4 is 0 Å². The van der Waals surface area contributed by atoms with Gasteiger partial charge >= 0.3 is 0 Å². The van der Waals surface area contributed by atoms with Crippen LogP contribution >= 0.6 is 0 Å². The van der Waals surface area contributed by atoms with Crippen LogP contribution in [0.3, 0.4) is 0 Å². The molecule has 0 N–H and O–H groups in total. The average molecular weight is 703 g/mol. The molecule has 0 spiro atoms. The summed E-state index contributed by atoms with van der Waals surface area (Å²) in [5, 5.41) is 0. The first-order valence-electron chi connectivity index (χ1n) is 19.5. The number of rotatable bonds is 18. The van der Waals surface area contributed by atoms with E-state index < -0.39 is 0 Å². The predicted molar refractivity (Wildman–Crippen MR) is 206 cm³/mol. The first kappa shape index (κ1) is 41.2. The van der Waals surface area contributed by atoms with E-state index in [-0.39, 0.29) is 0 Å². The quantitative estimate of drug-likeness (QED) is 0.132. The molecule has 3 saturated carbocycles. The molecular formula is C45H66O6. The van der Waals surface area contributed by atoms with Crippen LogP contribution in [-0.2, 0) is 48.2 Å². The van der Waals surface area contributed by atoms with Crippen molar-refractivity contribution in [3.8, 4) is 0 Å². The van der Waals surface area contributed by atoms with Gasteiger partial charge in [0.25, 0.3) is 0 Å². The predicted octanol–water partition coefficient (Wildman–Crippen LogP) is 10.2. The van der Waals surface area contributed by atoms with Crippen LogP contribution in [0, 0.1) is 17.8 Å². The molecule has 0 amide bonds. The molecule has 6 heteroatoms. The second kappa shape index (κ2) is 23.2. The summed E-state index contributed by atoms with van der Waals surface area (Å²) in [6, 6.07) is 31.0. The summed E-state index contributed by atoms with van der Waals surface area (Å²) < 4.78 is 34.3. The zero-order valence-electron chi connectivity index (χ0n) is 32.3. The fourth-order valence-corrected chi connectivity index (χ4v) is 6.67. The molecule has 0 bridgehead atoms. The van der Waals surface area contributed by atoms with Crippen LogP contribution in [0.5, 0.6) is 0 Å². The van der Waals surface area contributed by atoms with Crippen molar-refractivity contribution in [2.75, 3.05) is 19.8 Å². The fraction of sp³-hybridized carbons (Fsp3) is 0.600. The van der Waals surface area contributed by atoms with Crippen LogP contribution < -0.4 is 0 Å². The maximum Gasteiger partial charge on any atom is 0.0717 e. The van der Waals surface area contributed by atoms with Crippen LogP contribution in [0.1, 0.15) is 96.8 Å². The maximum atomic E-state index is 5.73. The average Bonchev–Trinajstić information content (AvgIpc) is 3.06. The Bertz CT molecular complexity index is 1110. The number of benzene rings is 3. The minimum Gasteiger partial charge on any atom is -0.376 e. The van der Waals surface area contributed by atoms with Gasteiger partial charge < -0.3 is 28.4 Å². The molecule has 0 unspecified atom stereocenters. The molecule has 0 heterocycles. The van der Waals surface area contributed by atoms with Gasteiger partial charge in [-0.15, -0.1) is 0 Å². The zero-order chi connectivity index (χ0) is 36.3. The van der Waals surface area contributed by atoms with Gasteiger partial charge in [0.2, 0.25) is 0 Å². The van der Waals surface area contributed by atoms with Gasteiger partial charge in [0.05, 0.1) is 76.3 Å². The van der Waals surface area contributed by atoms with E-state index in [9.17, 15) is 0 Å². The molecule has 6 rings (SSSR count). The molecule has 282 valence electrons. The van der Waals surface area contributed by atoms with Gasteiger partial charge in [0, 0.05) is 0 Å². The number of ether oxygens (including phenoxy) is 6. The molecule has 3 aromatic rings. The van der Waals surface area contributed by atoms with Crippen LogP contribution in [0.2, 0.25) is 0 Å². The summed E-state index contributed by atoms with van der Waals surface area (Å²) in [5.41, 5.74) is 3.76. The molecule has 3 aromatic carbocycles. The molecule has 6 nitrogen and oxygen atoms in total. The van der Waals surface area contributed by atoms with Crippen LogP contribution in [-0.4, -0.2) is 56.4 Å². The van der Waals surface area contributed by atoms with Gasteiger partial charge in [-0.05, 0) is 115 Å². The van der Waals surface area contributed by atoms with Crippen molar-refractivity contribution in [1.29, 1.82) is 0 Å². The SMILES string of the molecule is CC(C)OC1CC(COCc2ccccc2)C1.CC(C)OC1CC(COCc2ccccc2)C1.CC(C)OC1CC(COCc2ccccc2)C1. The Morgan fingerprint density at radius 1 is 0.392 bits per heavy atom. The van der Waals surface area contributed by atoms with Gasteiger partial charge in [0.1, 0.15) is 0 Å². The Labute approximate surface area is 309 Å². The summed E-state index contributed by atoms with van der Waals surface area (Å²) in [6.07, 6.45) is 9.43. The third kappa shape index (κ3) is 17.2. The molecule has 3 aliphatic carbocycles. The third-order valence-corrected chi connectivity index (χ3v) is 9.37. The smallest absolute Gasteiger partial charge is 0.0717 e. The lowest BCUT2D eigenvalue weighted by molar-refractivity contribution is -0.0821. The van der Waals surface area contributed by atoms with Crippen molar-refractivity contribution in [3.63, 3.8) is 0 Å². The Kier molecular flexibility index (Phi) is 18.7. The Morgan fingerprint density at radius 3 is 0.843 bits per heavy atom. The first-order valence-corrected chi connectivity index (χ1v) is 19.5. The lowest BCUT2D eigenvalue weighted by Crippen LogP contribution is -2.35. The second-order valence-corrected chi connectivity index (χ2v) is 15.4. The highest BCUT2D eigenvalue weighted by Crippen LogP contribution is 2.33. The van der Waals surface area contributed by atoms with Gasteiger partial charge in [-0.25, -0.2) is 0 Å². The first-order chi connectivity index (χ1) is 24.7. The molecule has 0 saturated heterocycles. The highest BCUT2D eigenvalue weighted by Gasteiger charge is 2.32. The Morgan fingerprint density at radius 2 is 0.627 bits per heavy atom. The molecule has 51 heavy (non-hydrogen) atoms. The summed E-state index contributed by atoms with van der Waals surface area (Å²) in [6.45, 7) is 17.4. The lowest BCUT2D eigenvalue weighted by atomic mass is 9.83. The Hall–Kier alpha value is -2.58. The van der Waals surface area contributed by atoms with Crippen LogP contribution in [0.15, 0.2) is 91.0 Å². The van der Waals surface area contributed by atoms with Gasteiger partial charge in [-0.2, -0.15) is 0 Å². The van der Waals surface area contributed by atoms with E-state index in [1.807, 2.05) is 18.2 Å². The summed E-state index contributed by atoms with van der Waals surface area (Å²) in [7, 11) is 0. The van der Waals surface area contributed by atoms with E-state index in [1.165, 1.54) is 16.7 Å². The van der Waals surface area contributed by atoms with Crippen molar-refractivity contribution in [2.45, 2.75) is 137 Å². The zero-order valence-corrected chi connectivity index (χ0v) is 32.3. The monoisotopic (exact) mass is 702 g/mol. The van der Waals surface area contributed by atoms with Crippen LogP contribution in [0.25, 0.3) is 0 Å². The van der Waals surface area contributed by atoms with Crippen molar-refractivity contribution in [2.24, 2.45) is 17.8 Å². The second-order valence-electron chi connectivity index (χ2n) is 15.4. The summed E-state index contributed by atoms with van der Waals surface area (Å²) in [5.74, 6) is 2.09. The maximum absolute atomic E-state index is 5.73. The molecule has 0 atom stereocenters. The molecule has 3 aliphatic rings. The topological polar surface area (TPSA) is 55.4 Å². The molecule has 0 aromatic heterocycles. The minimum atomic E-state index is 0.353. The van der Waals surface area contributed by atoms with Gasteiger partial charge in [-0.3, -0.25) is 0 Å². The lowest BCUT2D eigenvalue weighted by Gasteiger charge is -2.36. The minimum absolute atomic E-state index is 0.353. The van der Waals surface area contributed by atoms with Gasteiger partial charge in [-0.1, -0.05) is 91.0 Å². The van der Waals surface area contributed by atoms with E-state index in [2.05, 4.69) is 114 Å². The van der Waals surface area contributed by atoms with E-state index in [0.29, 0.717) is 54.4 Å².